The van der Waals surface area contributed by atoms with Crippen molar-refractivity contribution in [3.8, 4) is 11.5 Å². The van der Waals surface area contributed by atoms with Gasteiger partial charge in [-0.2, -0.15) is 0 Å². The molecule has 0 bridgehead atoms. The molecule has 0 radical (unpaired) electrons. The zero-order valence-electron chi connectivity index (χ0n) is 16.8. The minimum absolute atomic E-state index is 0.193. The SMILES string of the molecule is CCOc1ccc(NC(=S)Nc2ccc(C(=O)Nc3ccc(OC)cc3)cc2)cc1. The normalized spacial score (nSPS) is 10.1. The highest BCUT2D eigenvalue weighted by Crippen LogP contribution is 2.18. The summed E-state index contributed by atoms with van der Waals surface area (Å²) in [5.74, 6) is 1.35. The molecule has 0 saturated carbocycles. The van der Waals surface area contributed by atoms with E-state index >= 15 is 0 Å². The van der Waals surface area contributed by atoms with E-state index in [4.69, 9.17) is 21.7 Å². The summed E-state index contributed by atoms with van der Waals surface area (Å²) in [6, 6.07) is 21.8. The van der Waals surface area contributed by atoms with Gasteiger partial charge >= 0.3 is 0 Å². The lowest BCUT2D eigenvalue weighted by Gasteiger charge is -2.12. The minimum atomic E-state index is -0.193. The van der Waals surface area contributed by atoms with Crippen molar-refractivity contribution in [2.45, 2.75) is 6.92 Å². The Bertz CT molecular complexity index is 988. The molecule has 0 heterocycles. The molecular weight excluding hydrogens is 398 g/mol. The highest BCUT2D eigenvalue weighted by Gasteiger charge is 2.07. The van der Waals surface area contributed by atoms with Crippen molar-refractivity contribution >= 4 is 40.3 Å². The minimum Gasteiger partial charge on any atom is -0.497 e. The number of amides is 1. The zero-order chi connectivity index (χ0) is 21.3. The van der Waals surface area contributed by atoms with Gasteiger partial charge in [0, 0.05) is 22.6 Å². The van der Waals surface area contributed by atoms with E-state index in [-0.39, 0.29) is 5.91 Å². The average molecular weight is 422 g/mol. The van der Waals surface area contributed by atoms with Crippen molar-refractivity contribution in [3.63, 3.8) is 0 Å². The molecule has 1 amide bonds. The third kappa shape index (κ3) is 5.96. The second-order valence-corrected chi connectivity index (χ2v) is 6.70. The van der Waals surface area contributed by atoms with E-state index in [1.165, 1.54) is 0 Å². The number of anilines is 3. The molecule has 154 valence electrons. The van der Waals surface area contributed by atoms with Crippen molar-refractivity contribution in [2.75, 3.05) is 29.7 Å². The van der Waals surface area contributed by atoms with Crippen molar-refractivity contribution in [2.24, 2.45) is 0 Å². The molecule has 0 aromatic heterocycles. The van der Waals surface area contributed by atoms with Crippen LogP contribution in [-0.4, -0.2) is 24.7 Å². The third-order valence-corrected chi connectivity index (χ3v) is 4.38. The molecular formula is C23H23N3O3S. The van der Waals surface area contributed by atoms with Gasteiger partial charge in [-0.1, -0.05) is 0 Å². The number of ether oxygens (including phenoxy) is 2. The Morgan fingerprint density at radius 2 is 1.23 bits per heavy atom. The molecule has 0 fully saturated rings. The van der Waals surface area contributed by atoms with Crippen molar-refractivity contribution in [1.82, 2.24) is 0 Å². The van der Waals surface area contributed by atoms with Crippen LogP contribution in [0.1, 0.15) is 17.3 Å². The standard InChI is InChI=1S/C23H23N3O3S/c1-3-29-21-14-10-19(11-15-21)26-23(30)25-18-6-4-16(5-7-18)22(27)24-17-8-12-20(28-2)13-9-17/h4-15H,3H2,1-2H3,(H,24,27)(H2,25,26,30). The Kier molecular flexibility index (Phi) is 7.24. The first kappa shape index (κ1) is 21.1. The second kappa shape index (κ2) is 10.3. The van der Waals surface area contributed by atoms with Crippen molar-refractivity contribution < 1.29 is 14.3 Å². The number of thiocarbonyl (C=S) groups is 1. The van der Waals surface area contributed by atoms with Gasteiger partial charge in [0.25, 0.3) is 5.91 Å². The monoisotopic (exact) mass is 421 g/mol. The summed E-state index contributed by atoms with van der Waals surface area (Å²) >= 11 is 5.35. The maximum Gasteiger partial charge on any atom is 0.255 e. The van der Waals surface area contributed by atoms with Gasteiger partial charge in [-0.25, -0.2) is 0 Å². The molecule has 0 unspecified atom stereocenters. The molecule has 3 aromatic carbocycles. The fourth-order valence-corrected chi connectivity index (χ4v) is 2.91. The number of methoxy groups -OCH3 is 1. The molecule has 0 atom stereocenters. The molecule has 0 aliphatic carbocycles. The number of carbonyl (C=O) groups excluding carboxylic acids is 1. The molecule has 0 aliphatic rings. The first-order valence-electron chi connectivity index (χ1n) is 9.43. The van der Waals surface area contributed by atoms with Crippen LogP contribution in [0.3, 0.4) is 0 Å². The first-order valence-corrected chi connectivity index (χ1v) is 9.84. The van der Waals surface area contributed by atoms with Crippen molar-refractivity contribution in [1.29, 1.82) is 0 Å². The highest BCUT2D eigenvalue weighted by atomic mass is 32.1. The van der Waals surface area contributed by atoms with E-state index in [9.17, 15) is 4.79 Å². The summed E-state index contributed by atoms with van der Waals surface area (Å²) in [5.41, 5.74) is 2.87. The lowest BCUT2D eigenvalue weighted by molar-refractivity contribution is 0.102. The van der Waals surface area contributed by atoms with Gasteiger partial charge in [-0.05, 0) is 91.9 Å². The maximum atomic E-state index is 12.4. The summed E-state index contributed by atoms with van der Waals surface area (Å²) in [6.45, 7) is 2.57. The molecule has 0 spiro atoms. The van der Waals surface area contributed by atoms with E-state index < -0.39 is 0 Å². The van der Waals surface area contributed by atoms with Crippen LogP contribution in [0.5, 0.6) is 11.5 Å². The van der Waals surface area contributed by atoms with E-state index in [0.717, 1.165) is 22.9 Å². The summed E-state index contributed by atoms with van der Waals surface area (Å²) in [7, 11) is 1.60. The number of carbonyl (C=O) groups is 1. The summed E-state index contributed by atoms with van der Waals surface area (Å²) in [6.07, 6.45) is 0. The van der Waals surface area contributed by atoms with Crippen LogP contribution in [0.4, 0.5) is 17.1 Å². The molecule has 3 aromatic rings. The fraction of sp³-hybridized carbons (Fsp3) is 0.130. The maximum absolute atomic E-state index is 12.4. The molecule has 7 heteroatoms. The van der Waals surface area contributed by atoms with Gasteiger partial charge in [0.05, 0.1) is 13.7 Å². The van der Waals surface area contributed by atoms with Gasteiger partial charge in [0.15, 0.2) is 5.11 Å². The van der Waals surface area contributed by atoms with Gasteiger partial charge in [-0.15, -0.1) is 0 Å². The molecule has 0 aliphatic heterocycles. The predicted molar refractivity (Wildman–Crippen MR) is 125 cm³/mol. The van der Waals surface area contributed by atoms with Gasteiger partial charge < -0.3 is 25.4 Å². The van der Waals surface area contributed by atoms with Gasteiger partial charge in [-0.3, -0.25) is 4.79 Å². The largest absolute Gasteiger partial charge is 0.497 e. The lowest BCUT2D eigenvalue weighted by atomic mass is 10.2. The van der Waals surface area contributed by atoms with Gasteiger partial charge in [0.1, 0.15) is 11.5 Å². The van der Waals surface area contributed by atoms with Crippen molar-refractivity contribution in [3.05, 3.63) is 78.4 Å². The molecule has 3 rings (SSSR count). The summed E-state index contributed by atoms with van der Waals surface area (Å²) in [5, 5.41) is 9.52. The Hall–Kier alpha value is -3.58. The lowest BCUT2D eigenvalue weighted by Crippen LogP contribution is -2.19. The topological polar surface area (TPSA) is 71.6 Å². The molecule has 6 nitrogen and oxygen atoms in total. The van der Waals surface area contributed by atoms with Crippen LogP contribution in [0.2, 0.25) is 0 Å². The smallest absolute Gasteiger partial charge is 0.255 e. The van der Waals surface area contributed by atoms with Crippen LogP contribution in [-0.2, 0) is 0 Å². The summed E-state index contributed by atoms with van der Waals surface area (Å²) < 4.78 is 10.5. The van der Waals surface area contributed by atoms with E-state index in [0.29, 0.717) is 23.0 Å². The number of hydrogen-bond acceptors (Lipinski definition) is 4. The predicted octanol–water partition coefficient (Wildman–Crippen LogP) is 5.16. The average Bonchev–Trinajstić information content (AvgIpc) is 2.76. The Morgan fingerprint density at radius 1 is 0.767 bits per heavy atom. The van der Waals surface area contributed by atoms with Crippen LogP contribution in [0.25, 0.3) is 0 Å². The number of hydrogen-bond donors (Lipinski definition) is 3. The van der Waals surface area contributed by atoms with Crippen LogP contribution in [0.15, 0.2) is 72.8 Å². The van der Waals surface area contributed by atoms with Crippen LogP contribution < -0.4 is 25.4 Å². The number of benzene rings is 3. The zero-order valence-corrected chi connectivity index (χ0v) is 17.6. The highest BCUT2D eigenvalue weighted by molar-refractivity contribution is 7.80. The van der Waals surface area contributed by atoms with Gasteiger partial charge in [0.2, 0.25) is 0 Å². The summed E-state index contributed by atoms with van der Waals surface area (Å²) in [4.78, 5) is 12.4. The Balaban J connectivity index is 1.54. The Labute approximate surface area is 181 Å². The number of nitrogens with one attached hydrogen (secondary N) is 3. The quantitative estimate of drug-likeness (QED) is 0.458. The first-order chi connectivity index (χ1) is 14.6. The Morgan fingerprint density at radius 3 is 1.73 bits per heavy atom. The molecule has 3 N–H and O–H groups in total. The molecule has 0 saturated heterocycles. The van der Waals surface area contributed by atoms with Crippen LogP contribution in [0, 0.1) is 0 Å². The molecule has 30 heavy (non-hydrogen) atoms. The third-order valence-electron chi connectivity index (χ3n) is 4.18. The fourth-order valence-electron chi connectivity index (χ4n) is 2.68. The van der Waals surface area contributed by atoms with E-state index in [2.05, 4.69) is 16.0 Å². The number of rotatable bonds is 7. The van der Waals surface area contributed by atoms with E-state index in [1.807, 2.05) is 31.2 Å². The van der Waals surface area contributed by atoms with E-state index in [1.54, 1.807) is 55.6 Å². The van der Waals surface area contributed by atoms with Crippen LogP contribution >= 0.6 is 12.2 Å². The second-order valence-electron chi connectivity index (χ2n) is 6.30.